The van der Waals surface area contributed by atoms with Gasteiger partial charge in [0.05, 0.1) is 12.2 Å². The van der Waals surface area contributed by atoms with Gasteiger partial charge in [-0.1, -0.05) is 0 Å². The van der Waals surface area contributed by atoms with Crippen molar-refractivity contribution in [3.05, 3.63) is 16.8 Å². The predicted octanol–water partition coefficient (Wildman–Crippen LogP) is 1.89. The van der Waals surface area contributed by atoms with E-state index in [9.17, 15) is 22.8 Å². The van der Waals surface area contributed by atoms with Gasteiger partial charge in [0.15, 0.2) is 0 Å². The molecule has 2 aliphatic heterocycles. The second-order valence-electron chi connectivity index (χ2n) is 6.30. The van der Waals surface area contributed by atoms with Gasteiger partial charge < -0.3 is 15.1 Å². The van der Waals surface area contributed by atoms with Crippen molar-refractivity contribution in [2.45, 2.75) is 19.0 Å². The number of carbonyl (C=O) groups is 3. The fourth-order valence-corrected chi connectivity index (χ4v) is 3.81. The quantitative estimate of drug-likeness (QED) is 0.813. The molecule has 2 aliphatic rings. The van der Waals surface area contributed by atoms with Crippen LogP contribution in [0.15, 0.2) is 16.8 Å². The molecule has 1 aromatic rings. The number of carboxylic acid groups (broad SMARTS) is 2. The highest BCUT2D eigenvalue weighted by atomic mass is 32.1. The molecular formula is C15H17F3N2O5S. The Morgan fingerprint density at radius 1 is 1.27 bits per heavy atom. The summed E-state index contributed by atoms with van der Waals surface area (Å²) in [5.74, 6) is -3.39. The Morgan fingerprint density at radius 3 is 2.42 bits per heavy atom. The monoisotopic (exact) mass is 394 g/mol. The smallest absolute Gasteiger partial charge is 0.480 e. The second kappa shape index (κ2) is 7.62. The lowest BCUT2D eigenvalue weighted by atomic mass is 9.86. The summed E-state index contributed by atoms with van der Waals surface area (Å²) in [5.41, 5.74) is 0.928. The van der Waals surface area contributed by atoms with Crippen LogP contribution in [-0.4, -0.2) is 65.3 Å². The summed E-state index contributed by atoms with van der Waals surface area (Å²) in [6.45, 7) is 2.29. The molecule has 26 heavy (non-hydrogen) atoms. The van der Waals surface area contributed by atoms with E-state index in [2.05, 4.69) is 0 Å². The van der Waals surface area contributed by atoms with Crippen molar-refractivity contribution in [3.8, 4) is 0 Å². The summed E-state index contributed by atoms with van der Waals surface area (Å²) in [6, 6.07) is 1.96. The van der Waals surface area contributed by atoms with E-state index in [1.807, 2.05) is 26.6 Å². The molecule has 2 N–H and O–H groups in total. The lowest BCUT2D eigenvalue weighted by Crippen LogP contribution is -2.33. The van der Waals surface area contributed by atoms with Gasteiger partial charge in [-0.25, -0.2) is 4.79 Å². The van der Waals surface area contributed by atoms with E-state index in [0.29, 0.717) is 13.0 Å². The minimum absolute atomic E-state index is 0.0472. The van der Waals surface area contributed by atoms with Gasteiger partial charge in [0.2, 0.25) is 5.91 Å². The van der Waals surface area contributed by atoms with Gasteiger partial charge in [-0.2, -0.15) is 24.5 Å². The topological polar surface area (TPSA) is 98.1 Å². The summed E-state index contributed by atoms with van der Waals surface area (Å²) < 4.78 is 31.7. The molecule has 144 valence electrons. The van der Waals surface area contributed by atoms with Crippen LogP contribution in [0, 0.1) is 5.41 Å². The van der Waals surface area contributed by atoms with Crippen LogP contribution in [0.3, 0.4) is 0 Å². The molecule has 1 unspecified atom stereocenters. The number of likely N-dealkylation sites (tertiary alicyclic amines) is 1. The summed E-state index contributed by atoms with van der Waals surface area (Å²) in [6.07, 6.45) is -3.63. The number of alkyl halides is 3. The first-order valence-corrected chi connectivity index (χ1v) is 8.53. The van der Waals surface area contributed by atoms with Crippen LogP contribution in [-0.2, 0) is 14.4 Å². The number of halogens is 3. The zero-order valence-corrected chi connectivity index (χ0v) is 14.3. The largest absolute Gasteiger partial charge is 0.490 e. The number of aliphatic carboxylic acids is 2. The third kappa shape index (κ3) is 4.94. The lowest BCUT2D eigenvalue weighted by Gasteiger charge is -2.23. The molecular weight excluding hydrogens is 377 g/mol. The molecule has 0 bridgehead atoms. The molecule has 3 heterocycles. The van der Waals surface area contributed by atoms with E-state index < -0.39 is 18.1 Å². The molecule has 11 heteroatoms. The SMILES string of the molecule is O=C(O)C(F)(F)F.O=C(O)CN1CCC2(CC(=O)N(c3ccsc3)C2)C1. The highest BCUT2D eigenvalue weighted by molar-refractivity contribution is 7.08. The van der Waals surface area contributed by atoms with Gasteiger partial charge in [0.1, 0.15) is 0 Å². The van der Waals surface area contributed by atoms with Gasteiger partial charge in [-0.3, -0.25) is 14.5 Å². The van der Waals surface area contributed by atoms with Crippen LogP contribution in [0.25, 0.3) is 0 Å². The van der Waals surface area contributed by atoms with Crippen LogP contribution in [0.1, 0.15) is 12.8 Å². The normalized spacial score (nSPS) is 23.2. The van der Waals surface area contributed by atoms with Gasteiger partial charge in [0, 0.05) is 30.3 Å². The third-order valence-electron chi connectivity index (χ3n) is 4.26. The van der Waals surface area contributed by atoms with Gasteiger partial charge in [0.25, 0.3) is 0 Å². The summed E-state index contributed by atoms with van der Waals surface area (Å²) >= 11 is 1.59. The Hall–Kier alpha value is -2.14. The molecule has 0 aliphatic carbocycles. The maximum Gasteiger partial charge on any atom is 0.490 e. The van der Waals surface area contributed by atoms with Crippen molar-refractivity contribution >= 4 is 34.9 Å². The first kappa shape index (κ1) is 20.2. The molecule has 1 spiro atoms. The van der Waals surface area contributed by atoms with Gasteiger partial charge >= 0.3 is 18.1 Å². The Balaban J connectivity index is 0.000000298. The Bertz CT molecular complexity index is 679. The Morgan fingerprint density at radius 2 is 1.92 bits per heavy atom. The maximum atomic E-state index is 12.2. The second-order valence-corrected chi connectivity index (χ2v) is 7.08. The van der Waals surface area contributed by atoms with Gasteiger partial charge in [-0.05, 0) is 24.4 Å². The van der Waals surface area contributed by atoms with Crippen LogP contribution in [0.2, 0.25) is 0 Å². The number of anilines is 1. The summed E-state index contributed by atoms with van der Waals surface area (Å²) in [7, 11) is 0. The number of carboxylic acids is 2. The molecule has 2 saturated heterocycles. The minimum atomic E-state index is -5.08. The standard InChI is InChI=1S/C13H16N2O3S.C2HF3O2/c16-11-5-13(2-3-14(8-13)6-12(17)18)9-15(11)10-1-4-19-7-10;3-2(4,5)1(6)7/h1,4,7H,2-3,5-6,8-9H2,(H,17,18);(H,6,7). The number of thiophene rings is 1. The van der Waals surface area contributed by atoms with Crippen LogP contribution in [0.5, 0.6) is 0 Å². The van der Waals surface area contributed by atoms with E-state index in [-0.39, 0.29) is 17.9 Å². The molecule has 0 saturated carbocycles. The van der Waals surface area contributed by atoms with Crippen molar-refractivity contribution in [1.29, 1.82) is 0 Å². The van der Waals surface area contributed by atoms with E-state index in [1.54, 1.807) is 11.3 Å². The van der Waals surface area contributed by atoms with Crippen molar-refractivity contribution < 1.29 is 37.8 Å². The fourth-order valence-electron chi connectivity index (χ4n) is 3.17. The number of rotatable bonds is 3. The Kier molecular flexibility index (Phi) is 5.91. The fraction of sp³-hybridized carbons (Fsp3) is 0.533. The zero-order valence-electron chi connectivity index (χ0n) is 13.5. The summed E-state index contributed by atoms with van der Waals surface area (Å²) in [5, 5.41) is 19.9. The molecule has 2 fully saturated rings. The number of nitrogens with zero attached hydrogens (tertiary/aromatic N) is 2. The molecule has 0 aromatic carbocycles. The van der Waals surface area contributed by atoms with Crippen molar-refractivity contribution in [3.63, 3.8) is 0 Å². The van der Waals surface area contributed by atoms with Crippen molar-refractivity contribution in [2.24, 2.45) is 5.41 Å². The molecule has 7 nitrogen and oxygen atoms in total. The molecule has 1 amide bonds. The van der Waals surface area contributed by atoms with E-state index in [1.165, 1.54) is 0 Å². The predicted molar refractivity (Wildman–Crippen MR) is 86.1 cm³/mol. The van der Waals surface area contributed by atoms with Crippen molar-refractivity contribution in [1.82, 2.24) is 4.90 Å². The number of amides is 1. The molecule has 0 radical (unpaired) electrons. The maximum absolute atomic E-state index is 12.2. The van der Waals surface area contributed by atoms with E-state index in [4.69, 9.17) is 15.0 Å². The average molecular weight is 394 g/mol. The zero-order chi connectivity index (χ0) is 19.5. The highest BCUT2D eigenvalue weighted by Crippen LogP contribution is 2.42. The molecule has 1 atom stereocenters. The van der Waals surface area contributed by atoms with E-state index in [0.717, 1.165) is 25.2 Å². The van der Waals surface area contributed by atoms with Crippen LogP contribution >= 0.6 is 11.3 Å². The highest BCUT2D eigenvalue weighted by Gasteiger charge is 2.48. The molecule has 3 rings (SSSR count). The first-order valence-electron chi connectivity index (χ1n) is 7.59. The number of hydrogen-bond donors (Lipinski definition) is 2. The van der Waals surface area contributed by atoms with Gasteiger partial charge in [-0.15, -0.1) is 0 Å². The molecule has 1 aromatic heterocycles. The van der Waals surface area contributed by atoms with Crippen LogP contribution in [0.4, 0.5) is 18.9 Å². The third-order valence-corrected chi connectivity index (χ3v) is 4.93. The lowest BCUT2D eigenvalue weighted by molar-refractivity contribution is -0.192. The van der Waals surface area contributed by atoms with Crippen LogP contribution < -0.4 is 4.90 Å². The number of hydrogen-bond acceptors (Lipinski definition) is 5. The first-order chi connectivity index (χ1) is 12.0. The average Bonchev–Trinajstić information content (AvgIpc) is 3.20. The Labute approximate surface area is 150 Å². The minimum Gasteiger partial charge on any atom is -0.480 e. The van der Waals surface area contributed by atoms with E-state index >= 15 is 0 Å². The summed E-state index contributed by atoms with van der Waals surface area (Å²) in [4.78, 5) is 35.6. The number of carbonyl (C=O) groups excluding carboxylic acids is 1. The van der Waals surface area contributed by atoms with Crippen molar-refractivity contribution in [2.75, 3.05) is 31.1 Å².